The Morgan fingerprint density at radius 1 is 1.38 bits per heavy atom. The lowest BCUT2D eigenvalue weighted by molar-refractivity contribution is -0.124. The van der Waals surface area contributed by atoms with Crippen LogP contribution in [0.3, 0.4) is 0 Å². The van der Waals surface area contributed by atoms with Gasteiger partial charge in [0.05, 0.1) is 29.8 Å². The molecular weight excluding hydrogens is 264 g/mol. The molecule has 2 aromatic rings. The number of imidazole rings is 1. The highest BCUT2D eigenvalue weighted by molar-refractivity contribution is 5.82. The van der Waals surface area contributed by atoms with E-state index < -0.39 is 0 Å². The highest BCUT2D eigenvalue weighted by Crippen LogP contribution is 2.16. The van der Waals surface area contributed by atoms with E-state index in [0.29, 0.717) is 13.0 Å². The van der Waals surface area contributed by atoms with Crippen LogP contribution in [0.4, 0.5) is 0 Å². The van der Waals surface area contributed by atoms with E-state index in [1.165, 1.54) is 5.56 Å². The maximum absolute atomic E-state index is 12.4. The van der Waals surface area contributed by atoms with Gasteiger partial charge in [-0.25, -0.2) is 4.98 Å². The van der Waals surface area contributed by atoms with Gasteiger partial charge in [-0.3, -0.25) is 10.1 Å². The van der Waals surface area contributed by atoms with Crippen LogP contribution in [0.15, 0.2) is 30.6 Å². The lowest BCUT2D eigenvalue weighted by atomic mass is 10.0. The fourth-order valence-corrected chi connectivity index (χ4v) is 2.61. The molecule has 3 rings (SSSR count). The maximum Gasteiger partial charge on any atom is 0.238 e. The van der Waals surface area contributed by atoms with Gasteiger partial charge in [-0.05, 0) is 19.4 Å². The molecule has 1 aliphatic rings. The normalized spacial score (nSPS) is 18.9. The molecule has 21 heavy (non-hydrogen) atoms. The Morgan fingerprint density at radius 3 is 2.90 bits per heavy atom. The van der Waals surface area contributed by atoms with Crippen LogP contribution in [0.25, 0.3) is 0 Å². The highest BCUT2D eigenvalue weighted by Gasteiger charge is 2.26. The first kappa shape index (κ1) is 13.8. The third-order valence-electron chi connectivity index (χ3n) is 3.98. The molecule has 0 fully saturated rings. The number of rotatable bonds is 3. The minimum Gasteiger partial charge on any atom is -0.348 e. The Hall–Kier alpha value is -2.14. The third-order valence-corrected chi connectivity index (χ3v) is 3.98. The van der Waals surface area contributed by atoms with Gasteiger partial charge in [0.25, 0.3) is 0 Å². The number of amides is 1. The molecule has 1 aromatic carbocycles. The van der Waals surface area contributed by atoms with Gasteiger partial charge in [-0.15, -0.1) is 0 Å². The maximum atomic E-state index is 12.4. The first-order valence-electron chi connectivity index (χ1n) is 7.25. The van der Waals surface area contributed by atoms with Crippen LogP contribution in [0, 0.1) is 6.92 Å². The minimum absolute atomic E-state index is 0.000445. The van der Waals surface area contributed by atoms with Crippen LogP contribution < -0.4 is 10.6 Å². The van der Waals surface area contributed by atoms with Crippen molar-refractivity contribution in [2.24, 2.45) is 0 Å². The van der Waals surface area contributed by atoms with Crippen molar-refractivity contribution in [3.8, 4) is 0 Å². The van der Waals surface area contributed by atoms with Gasteiger partial charge < -0.3 is 10.3 Å². The minimum atomic E-state index is -0.214. The molecule has 2 unspecified atom stereocenters. The summed E-state index contributed by atoms with van der Waals surface area (Å²) in [6.45, 7) is 4.72. The molecular formula is C16H20N4O. The molecule has 0 saturated heterocycles. The van der Waals surface area contributed by atoms with E-state index in [-0.39, 0.29) is 18.0 Å². The number of carbonyl (C=O) groups excluding carboxylic acids is 1. The van der Waals surface area contributed by atoms with Crippen molar-refractivity contribution in [1.29, 1.82) is 0 Å². The van der Waals surface area contributed by atoms with Gasteiger partial charge in [-0.1, -0.05) is 29.8 Å². The number of nitrogens with zero attached hydrogens (tertiary/aromatic N) is 1. The molecule has 0 radical (unpaired) electrons. The number of hydrogen-bond acceptors (Lipinski definition) is 3. The molecule has 0 spiro atoms. The number of fused-ring (bicyclic) bond motifs is 1. The number of nitrogens with one attached hydrogen (secondary N) is 3. The molecule has 110 valence electrons. The summed E-state index contributed by atoms with van der Waals surface area (Å²) in [4.78, 5) is 19.7. The number of H-pyrrole nitrogens is 1. The molecule has 1 amide bonds. The molecule has 0 aliphatic carbocycles. The Kier molecular flexibility index (Phi) is 3.75. The summed E-state index contributed by atoms with van der Waals surface area (Å²) in [6.07, 6.45) is 2.31. The number of aryl methyl sites for hydroxylation is 1. The van der Waals surface area contributed by atoms with Crippen LogP contribution in [0.1, 0.15) is 35.5 Å². The van der Waals surface area contributed by atoms with Crippen LogP contribution in [0.2, 0.25) is 0 Å². The standard InChI is InChI=1S/C16H20N4O/c1-10-3-5-12(6-4-10)11(2)20-16(21)14-7-13-15(8-17-14)19-9-18-13/h3-6,9,11,14,17H,7-8H2,1-2H3,(H,18,19)(H,20,21). The van der Waals surface area contributed by atoms with Crippen LogP contribution >= 0.6 is 0 Å². The zero-order valence-electron chi connectivity index (χ0n) is 12.3. The van der Waals surface area contributed by atoms with Crippen LogP contribution in [0.5, 0.6) is 0 Å². The molecule has 5 heteroatoms. The van der Waals surface area contributed by atoms with Crippen molar-refractivity contribution in [1.82, 2.24) is 20.6 Å². The van der Waals surface area contributed by atoms with Gasteiger partial charge in [-0.2, -0.15) is 0 Å². The zero-order chi connectivity index (χ0) is 14.8. The summed E-state index contributed by atoms with van der Waals surface area (Å²) in [5, 5.41) is 6.31. The van der Waals surface area contributed by atoms with Gasteiger partial charge in [0, 0.05) is 13.0 Å². The number of carbonyl (C=O) groups is 1. The van der Waals surface area contributed by atoms with E-state index >= 15 is 0 Å². The quantitative estimate of drug-likeness (QED) is 0.802. The summed E-state index contributed by atoms with van der Waals surface area (Å²) in [6, 6.07) is 8.02. The second-order valence-electron chi connectivity index (χ2n) is 5.61. The largest absolute Gasteiger partial charge is 0.348 e. The summed E-state index contributed by atoms with van der Waals surface area (Å²) >= 11 is 0. The van der Waals surface area contributed by atoms with Crippen LogP contribution in [-0.2, 0) is 17.8 Å². The van der Waals surface area contributed by atoms with E-state index in [1.54, 1.807) is 6.33 Å². The van der Waals surface area contributed by atoms with E-state index in [1.807, 2.05) is 6.92 Å². The fourth-order valence-electron chi connectivity index (χ4n) is 2.61. The van der Waals surface area contributed by atoms with Crippen molar-refractivity contribution in [2.75, 3.05) is 0 Å². The number of aromatic nitrogens is 2. The van der Waals surface area contributed by atoms with Crippen LogP contribution in [-0.4, -0.2) is 21.9 Å². The Morgan fingerprint density at radius 2 is 2.14 bits per heavy atom. The number of benzene rings is 1. The molecule has 0 bridgehead atoms. The lowest BCUT2D eigenvalue weighted by Crippen LogP contribution is -2.48. The highest BCUT2D eigenvalue weighted by atomic mass is 16.2. The smallest absolute Gasteiger partial charge is 0.238 e. The summed E-state index contributed by atoms with van der Waals surface area (Å²) in [7, 11) is 0. The molecule has 2 atom stereocenters. The molecule has 3 N–H and O–H groups in total. The average molecular weight is 284 g/mol. The predicted octanol–water partition coefficient (Wildman–Crippen LogP) is 1.61. The summed E-state index contributed by atoms with van der Waals surface area (Å²) < 4.78 is 0. The number of aromatic amines is 1. The fraction of sp³-hybridized carbons (Fsp3) is 0.375. The Bertz CT molecular complexity index is 632. The van der Waals surface area contributed by atoms with Crippen molar-refractivity contribution >= 4 is 5.91 Å². The van der Waals surface area contributed by atoms with E-state index in [9.17, 15) is 4.79 Å². The van der Waals surface area contributed by atoms with E-state index in [2.05, 4.69) is 51.8 Å². The topological polar surface area (TPSA) is 69.8 Å². The first-order valence-corrected chi connectivity index (χ1v) is 7.25. The van der Waals surface area contributed by atoms with E-state index in [4.69, 9.17) is 0 Å². The van der Waals surface area contributed by atoms with E-state index in [0.717, 1.165) is 17.0 Å². The van der Waals surface area contributed by atoms with Crippen molar-refractivity contribution in [3.63, 3.8) is 0 Å². The molecule has 5 nitrogen and oxygen atoms in total. The van der Waals surface area contributed by atoms with Gasteiger partial charge >= 0.3 is 0 Å². The third kappa shape index (κ3) is 2.97. The van der Waals surface area contributed by atoms with Crippen molar-refractivity contribution in [2.45, 2.75) is 38.9 Å². The molecule has 2 heterocycles. The summed E-state index contributed by atoms with van der Waals surface area (Å²) in [5.41, 5.74) is 4.39. The second kappa shape index (κ2) is 5.69. The lowest BCUT2D eigenvalue weighted by Gasteiger charge is -2.24. The Balaban J connectivity index is 1.63. The van der Waals surface area contributed by atoms with Gasteiger partial charge in [0.2, 0.25) is 5.91 Å². The molecule has 0 saturated carbocycles. The second-order valence-corrected chi connectivity index (χ2v) is 5.61. The van der Waals surface area contributed by atoms with Crippen molar-refractivity contribution < 1.29 is 4.79 Å². The molecule has 1 aromatic heterocycles. The average Bonchev–Trinajstić information content (AvgIpc) is 2.95. The van der Waals surface area contributed by atoms with Gasteiger partial charge in [0.15, 0.2) is 0 Å². The zero-order valence-corrected chi connectivity index (χ0v) is 12.3. The van der Waals surface area contributed by atoms with Crippen molar-refractivity contribution in [3.05, 3.63) is 53.1 Å². The predicted molar refractivity (Wildman–Crippen MR) is 80.7 cm³/mol. The molecule has 1 aliphatic heterocycles. The van der Waals surface area contributed by atoms with Gasteiger partial charge in [0.1, 0.15) is 0 Å². The number of hydrogen-bond donors (Lipinski definition) is 3. The SMILES string of the molecule is Cc1ccc(C(C)NC(=O)C2Cc3nc[nH]c3CN2)cc1. The summed E-state index contributed by atoms with van der Waals surface area (Å²) in [5.74, 6) is 0.0247. The monoisotopic (exact) mass is 284 g/mol. The Labute approximate surface area is 124 Å². The first-order chi connectivity index (χ1) is 10.1.